The molecule has 454 valence electrons. The summed E-state index contributed by atoms with van der Waals surface area (Å²) in [6, 6.07) is 0. The summed E-state index contributed by atoms with van der Waals surface area (Å²) in [4.78, 5) is 38.2. The molecule has 0 saturated heterocycles. The first kappa shape index (κ1) is 76.2. The van der Waals surface area contributed by atoms with Gasteiger partial charge in [0.2, 0.25) is 0 Å². The highest BCUT2D eigenvalue weighted by Gasteiger charge is 2.19. The van der Waals surface area contributed by atoms with Gasteiger partial charge in [0.25, 0.3) is 0 Å². The summed E-state index contributed by atoms with van der Waals surface area (Å²) in [5, 5.41) is 0. The summed E-state index contributed by atoms with van der Waals surface area (Å²) in [7, 11) is 0. The van der Waals surface area contributed by atoms with Crippen LogP contribution in [0.15, 0.2) is 243 Å². The van der Waals surface area contributed by atoms with Gasteiger partial charge in [0.1, 0.15) is 13.2 Å². The second-order valence-corrected chi connectivity index (χ2v) is 19.5. The van der Waals surface area contributed by atoms with Crippen molar-refractivity contribution < 1.29 is 28.6 Å². The summed E-state index contributed by atoms with van der Waals surface area (Å²) in [5.41, 5.74) is 0. The lowest BCUT2D eigenvalue weighted by atomic mass is 10.2. The van der Waals surface area contributed by atoms with Gasteiger partial charge in [0.15, 0.2) is 6.10 Å². The van der Waals surface area contributed by atoms with E-state index in [9.17, 15) is 14.4 Å². The number of hydrogen-bond acceptors (Lipinski definition) is 6. The van der Waals surface area contributed by atoms with E-state index in [0.29, 0.717) is 19.3 Å². The molecule has 0 amide bonds. The van der Waals surface area contributed by atoms with Crippen LogP contribution in [0.2, 0.25) is 0 Å². The minimum atomic E-state index is -0.884. The van der Waals surface area contributed by atoms with Crippen molar-refractivity contribution in [3.8, 4) is 0 Å². The predicted octanol–water partition coefficient (Wildman–Crippen LogP) is 22.1. The van der Waals surface area contributed by atoms with Crippen LogP contribution < -0.4 is 0 Å². The number of allylic oxidation sites excluding steroid dienone is 40. The van der Waals surface area contributed by atoms with Crippen molar-refractivity contribution in [2.75, 3.05) is 13.2 Å². The first-order chi connectivity index (χ1) is 41.0. The molecular weight excluding hydrogens is 1020 g/mol. The summed E-state index contributed by atoms with van der Waals surface area (Å²) in [5.74, 6) is -1.19. The lowest BCUT2D eigenvalue weighted by Crippen LogP contribution is -2.30. The predicted molar refractivity (Wildman–Crippen MR) is 361 cm³/mol. The van der Waals surface area contributed by atoms with E-state index in [1.165, 1.54) is 0 Å². The molecule has 0 aromatic carbocycles. The molecule has 0 N–H and O–H groups in total. The molecule has 0 aliphatic carbocycles. The Morgan fingerprint density at radius 2 is 0.434 bits per heavy atom. The molecule has 6 heteroatoms. The Morgan fingerprint density at radius 1 is 0.241 bits per heavy atom. The Balaban J connectivity index is 4.68. The minimum Gasteiger partial charge on any atom is -0.462 e. The number of ether oxygens (including phenoxy) is 3. The van der Waals surface area contributed by atoms with Gasteiger partial charge in [-0.05, 0) is 161 Å². The normalized spacial score (nSPS) is 13.8. The van der Waals surface area contributed by atoms with E-state index in [1.54, 1.807) is 0 Å². The largest absolute Gasteiger partial charge is 0.462 e. The fraction of sp³-hybridized carbons (Fsp3) is 0.442. The third kappa shape index (κ3) is 65.9. The monoisotopic (exact) mass is 1130 g/mol. The van der Waals surface area contributed by atoms with Crippen LogP contribution in [0.1, 0.15) is 201 Å². The molecular formula is C77H110O6. The van der Waals surface area contributed by atoms with E-state index in [1.807, 2.05) is 12.2 Å². The van der Waals surface area contributed by atoms with Gasteiger partial charge in [-0.3, -0.25) is 14.4 Å². The Morgan fingerprint density at radius 3 is 0.651 bits per heavy atom. The van der Waals surface area contributed by atoms with Gasteiger partial charge in [-0.2, -0.15) is 0 Å². The molecule has 0 radical (unpaired) electrons. The molecule has 0 saturated carbocycles. The highest BCUT2D eigenvalue weighted by atomic mass is 16.6. The van der Waals surface area contributed by atoms with Gasteiger partial charge >= 0.3 is 17.9 Å². The van der Waals surface area contributed by atoms with Gasteiger partial charge in [0.05, 0.1) is 0 Å². The van der Waals surface area contributed by atoms with E-state index in [2.05, 4.69) is 252 Å². The molecule has 0 bridgehead atoms. The van der Waals surface area contributed by atoms with Crippen LogP contribution in [-0.2, 0) is 28.6 Å². The van der Waals surface area contributed by atoms with Crippen LogP contribution >= 0.6 is 0 Å². The summed E-state index contributed by atoms with van der Waals surface area (Å²) < 4.78 is 16.7. The maximum atomic E-state index is 12.9. The molecule has 0 aliphatic heterocycles. The molecule has 83 heavy (non-hydrogen) atoms. The molecule has 1 unspecified atom stereocenters. The molecule has 0 heterocycles. The zero-order valence-corrected chi connectivity index (χ0v) is 51.8. The molecule has 0 rings (SSSR count). The van der Waals surface area contributed by atoms with Crippen molar-refractivity contribution in [2.45, 2.75) is 207 Å². The van der Waals surface area contributed by atoms with Gasteiger partial charge in [-0.1, -0.05) is 264 Å². The van der Waals surface area contributed by atoms with Gasteiger partial charge in [-0.15, -0.1) is 0 Å². The Kier molecular flexibility index (Phi) is 62.2. The minimum absolute atomic E-state index is 0.164. The third-order valence-electron chi connectivity index (χ3n) is 11.8. The number of carbonyl (C=O) groups is 3. The second-order valence-electron chi connectivity index (χ2n) is 19.5. The van der Waals surface area contributed by atoms with Gasteiger partial charge in [0, 0.05) is 19.3 Å². The van der Waals surface area contributed by atoms with Crippen molar-refractivity contribution in [1.29, 1.82) is 0 Å². The number of esters is 3. The fourth-order valence-electron chi connectivity index (χ4n) is 7.27. The molecule has 0 aliphatic rings. The van der Waals surface area contributed by atoms with Crippen molar-refractivity contribution in [2.24, 2.45) is 0 Å². The lowest BCUT2D eigenvalue weighted by molar-refractivity contribution is -0.166. The van der Waals surface area contributed by atoms with Crippen LogP contribution in [0.25, 0.3) is 0 Å². The maximum absolute atomic E-state index is 12.9. The van der Waals surface area contributed by atoms with Crippen molar-refractivity contribution >= 4 is 17.9 Å². The number of carbonyl (C=O) groups excluding carboxylic acids is 3. The zero-order valence-electron chi connectivity index (χ0n) is 51.8. The summed E-state index contributed by atoms with van der Waals surface area (Å²) in [6.45, 7) is 6.10. The maximum Gasteiger partial charge on any atom is 0.306 e. The number of hydrogen-bond donors (Lipinski definition) is 0. The van der Waals surface area contributed by atoms with E-state index in [4.69, 9.17) is 14.2 Å². The third-order valence-corrected chi connectivity index (χ3v) is 11.8. The molecule has 0 aromatic rings. The number of unbranched alkanes of at least 4 members (excludes halogenated alkanes) is 2. The summed E-state index contributed by atoms with van der Waals surface area (Å²) >= 11 is 0. The topological polar surface area (TPSA) is 78.9 Å². The first-order valence-electron chi connectivity index (χ1n) is 31.5. The van der Waals surface area contributed by atoms with E-state index >= 15 is 0 Å². The number of rotatable bonds is 53. The average molecular weight is 1130 g/mol. The molecule has 6 nitrogen and oxygen atoms in total. The van der Waals surface area contributed by atoms with Crippen molar-refractivity contribution in [3.05, 3.63) is 243 Å². The van der Waals surface area contributed by atoms with Crippen molar-refractivity contribution in [1.82, 2.24) is 0 Å². The van der Waals surface area contributed by atoms with Crippen LogP contribution in [0, 0.1) is 0 Å². The molecule has 0 fully saturated rings. The lowest BCUT2D eigenvalue weighted by Gasteiger charge is -2.18. The average Bonchev–Trinajstić information content (AvgIpc) is 3.49. The van der Waals surface area contributed by atoms with Crippen LogP contribution in [0.4, 0.5) is 0 Å². The van der Waals surface area contributed by atoms with E-state index in [0.717, 1.165) is 141 Å². The standard InChI is InChI=1S/C77H110O6/c1-4-7-10-13-16-19-22-25-28-31-33-34-35-36-37-38-39-40-41-42-44-46-49-52-55-58-61-64-67-70-76(79)82-73-74(72-81-75(78)69-66-63-60-57-54-51-48-45-30-27-24-21-18-15-12-9-6-3)83-77(80)71-68-65-62-59-56-53-50-47-43-32-29-26-23-20-17-14-11-8-5-2/h7-12,16-21,25-30,33-34,36-37,39-40,42-44,47-49,51-53,56-58,60-62,65,74H,4-6,13-15,22-24,31-32,35,38,41,45-46,50,54-55,59,63-64,66-73H2,1-3H3/b10-7-,11-8-,12-9-,19-16-,20-17-,21-18-,28-25-,29-26-,30-27-,34-33-,37-36-,40-39-,44-42-,47-43-,51-48-,52-49-,56-53-,60-57-,61-58-,65-62-. The second kappa shape index (κ2) is 67.7. The zero-order chi connectivity index (χ0) is 59.9. The Hall–Kier alpha value is -6.79. The first-order valence-corrected chi connectivity index (χ1v) is 31.5. The fourth-order valence-corrected chi connectivity index (χ4v) is 7.27. The SMILES string of the molecule is CC/C=C\C/C=C\C/C=C\C/C=C\C/C=C\C/C=C\C/C=C\C/C=C\C/C=C\CCCC(=O)OCC(COC(=O)CCC/C=C\C/C=C\C/C=C\C/C=C\C/C=C\CC)OC(=O)CC/C=C\C/C=C\C/C=C\C/C=C\C/C=C\C/C=C\CC. The van der Waals surface area contributed by atoms with E-state index in [-0.39, 0.29) is 44.4 Å². The quantitative estimate of drug-likeness (QED) is 0.0261. The molecule has 1 atom stereocenters. The Labute approximate surface area is 507 Å². The van der Waals surface area contributed by atoms with Gasteiger partial charge < -0.3 is 14.2 Å². The Bertz CT molecular complexity index is 2180. The summed E-state index contributed by atoms with van der Waals surface area (Å²) in [6.07, 6.45) is 109. The highest BCUT2D eigenvalue weighted by molar-refractivity contribution is 5.71. The van der Waals surface area contributed by atoms with Crippen LogP contribution in [0.3, 0.4) is 0 Å². The van der Waals surface area contributed by atoms with Crippen molar-refractivity contribution in [3.63, 3.8) is 0 Å². The van der Waals surface area contributed by atoms with Gasteiger partial charge in [-0.25, -0.2) is 0 Å². The smallest absolute Gasteiger partial charge is 0.306 e. The molecule has 0 spiro atoms. The highest BCUT2D eigenvalue weighted by Crippen LogP contribution is 2.09. The van der Waals surface area contributed by atoms with Crippen LogP contribution in [0.5, 0.6) is 0 Å². The molecule has 0 aromatic heterocycles. The van der Waals surface area contributed by atoms with E-state index < -0.39 is 12.1 Å². The van der Waals surface area contributed by atoms with Crippen LogP contribution in [-0.4, -0.2) is 37.2 Å².